The average Bonchev–Trinajstić information content (AvgIpc) is 3.98. The highest BCUT2D eigenvalue weighted by Crippen LogP contribution is 2.57. The van der Waals surface area contributed by atoms with Crippen molar-refractivity contribution in [1.82, 2.24) is 0 Å². The van der Waals surface area contributed by atoms with Crippen molar-refractivity contribution >= 4 is 39.0 Å². The molecule has 0 radical (unpaired) electrons. The summed E-state index contributed by atoms with van der Waals surface area (Å²) in [5.74, 6) is 0. The summed E-state index contributed by atoms with van der Waals surface area (Å²) in [5.41, 5.74) is 22.3. The lowest BCUT2D eigenvalue weighted by Crippen LogP contribution is -2.28. The van der Waals surface area contributed by atoms with Crippen molar-refractivity contribution in [1.29, 1.82) is 0 Å². The molecule has 0 spiro atoms. The Bertz CT molecular complexity index is 3630. The van der Waals surface area contributed by atoms with Gasteiger partial charge in [-0.2, -0.15) is 0 Å². The Hall–Kier alpha value is -8.20. The first kappa shape index (κ1) is 38.3. The first-order valence-electron chi connectivity index (χ1n) is 23.0. The van der Waals surface area contributed by atoms with Crippen LogP contribution in [0.25, 0.3) is 66.4 Å². The fourth-order valence-electron chi connectivity index (χ4n) is 11.4. The summed E-state index contributed by atoms with van der Waals surface area (Å²) >= 11 is 0. The molecule has 0 N–H and O–H groups in total. The van der Waals surface area contributed by atoms with Crippen LogP contribution in [0.4, 0.5) is 17.1 Å². The summed E-state index contributed by atoms with van der Waals surface area (Å²) < 4.78 is 6.30. The maximum absolute atomic E-state index is 6.30. The number of rotatable bonds is 7. The van der Waals surface area contributed by atoms with Gasteiger partial charge in [0.15, 0.2) is 0 Å². The van der Waals surface area contributed by atoms with Crippen LogP contribution in [-0.4, -0.2) is 0 Å². The van der Waals surface area contributed by atoms with Gasteiger partial charge < -0.3 is 9.32 Å². The number of furan rings is 1. The van der Waals surface area contributed by atoms with E-state index < -0.39 is 5.41 Å². The lowest BCUT2D eigenvalue weighted by Gasteiger charge is -2.33. The molecular weight excluding hydrogens is 799 g/mol. The van der Waals surface area contributed by atoms with E-state index in [9.17, 15) is 0 Å². The quantitative estimate of drug-likeness (QED) is 0.159. The molecule has 11 aromatic rings. The predicted octanol–water partition coefficient (Wildman–Crippen LogP) is 17.1. The minimum Gasteiger partial charge on any atom is -0.456 e. The van der Waals surface area contributed by atoms with Crippen LogP contribution in [0.15, 0.2) is 241 Å². The first-order chi connectivity index (χ1) is 32.5. The van der Waals surface area contributed by atoms with Gasteiger partial charge in [-0.15, -0.1) is 0 Å². The van der Waals surface area contributed by atoms with Gasteiger partial charge in [-0.3, -0.25) is 0 Å². The van der Waals surface area contributed by atoms with Crippen molar-refractivity contribution in [2.45, 2.75) is 24.7 Å². The standard InChI is InChI=1S/C64H45NO/c1-63(2)57-25-12-9-22-51(57)53-36-34-50(41-60(53)63)65(48-32-28-42(29-33-48)45-30-35-55-54-24-11-14-27-61(54)66-62(55)40-45)49-21-15-16-43(38-49)44-31-37-59-56(39-44)52-23-10-13-26-58(52)64(59,46-17-5-3-6-18-46)47-19-7-4-8-20-47/h3-41H,1-2H3. The predicted molar refractivity (Wildman–Crippen MR) is 274 cm³/mol. The van der Waals surface area contributed by atoms with Gasteiger partial charge in [-0.25, -0.2) is 0 Å². The summed E-state index contributed by atoms with van der Waals surface area (Å²) in [5, 5.41) is 2.28. The topological polar surface area (TPSA) is 16.4 Å². The Labute approximate surface area is 385 Å². The van der Waals surface area contributed by atoms with E-state index >= 15 is 0 Å². The molecule has 66 heavy (non-hydrogen) atoms. The third-order valence-electron chi connectivity index (χ3n) is 14.6. The zero-order chi connectivity index (χ0) is 44.0. The van der Waals surface area contributed by atoms with Crippen LogP contribution in [0, 0.1) is 0 Å². The van der Waals surface area contributed by atoms with Gasteiger partial charge >= 0.3 is 0 Å². The van der Waals surface area contributed by atoms with E-state index in [1.807, 2.05) is 12.1 Å². The summed E-state index contributed by atoms with van der Waals surface area (Å²) in [6.07, 6.45) is 0. The molecular formula is C64H45NO. The summed E-state index contributed by atoms with van der Waals surface area (Å²) in [4.78, 5) is 2.42. The second-order valence-corrected chi connectivity index (χ2v) is 18.4. The fraction of sp³-hybridized carbons (Fsp3) is 0.0625. The molecule has 0 aliphatic heterocycles. The lowest BCUT2D eigenvalue weighted by atomic mass is 9.67. The first-order valence-corrected chi connectivity index (χ1v) is 23.0. The average molecular weight is 844 g/mol. The van der Waals surface area contributed by atoms with Crippen molar-refractivity contribution < 1.29 is 4.42 Å². The molecule has 1 heterocycles. The van der Waals surface area contributed by atoms with Crippen LogP contribution in [0.3, 0.4) is 0 Å². The van der Waals surface area contributed by atoms with Gasteiger partial charge in [0.1, 0.15) is 11.2 Å². The monoisotopic (exact) mass is 843 g/mol. The minimum absolute atomic E-state index is 0.135. The van der Waals surface area contributed by atoms with Gasteiger partial charge in [-0.1, -0.05) is 190 Å². The molecule has 0 saturated heterocycles. The number of hydrogen-bond donors (Lipinski definition) is 0. The highest BCUT2D eigenvalue weighted by molar-refractivity contribution is 6.06. The van der Waals surface area contributed by atoms with Gasteiger partial charge in [-0.05, 0) is 139 Å². The van der Waals surface area contributed by atoms with E-state index in [2.05, 4.69) is 243 Å². The second-order valence-electron chi connectivity index (χ2n) is 18.4. The smallest absolute Gasteiger partial charge is 0.136 e. The van der Waals surface area contributed by atoms with Crippen molar-refractivity contribution in [3.8, 4) is 44.5 Å². The number of para-hydroxylation sites is 1. The molecule has 0 atom stereocenters. The SMILES string of the molecule is CC1(C)c2ccccc2-c2ccc(N(c3ccc(-c4ccc5c(c4)oc4ccccc45)cc3)c3cccc(-c4ccc5c(c4)-c4ccccc4C5(c4ccccc4)c4ccccc4)c3)cc21. The van der Waals surface area contributed by atoms with Gasteiger partial charge in [0, 0.05) is 33.2 Å². The van der Waals surface area contributed by atoms with E-state index in [0.717, 1.165) is 50.1 Å². The van der Waals surface area contributed by atoms with Crippen LogP contribution in [-0.2, 0) is 10.8 Å². The Kier molecular flexibility index (Phi) is 8.51. The third-order valence-corrected chi connectivity index (χ3v) is 14.6. The molecule has 13 rings (SSSR count). The number of nitrogens with zero attached hydrogens (tertiary/aromatic N) is 1. The molecule has 2 aliphatic rings. The zero-order valence-electron chi connectivity index (χ0n) is 36.9. The number of benzene rings is 10. The van der Waals surface area contributed by atoms with Crippen molar-refractivity contribution in [3.05, 3.63) is 270 Å². The van der Waals surface area contributed by atoms with Crippen LogP contribution in [0.2, 0.25) is 0 Å². The summed E-state index contributed by atoms with van der Waals surface area (Å²) in [6.45, 7) is 4.71. The molecule has 0 saturated carbocycles. The molecule has 2 nitrogen and oxygen atoms in total. The van der Waals surface area contributed by atoms with Gasteiger partial charge in [0.05, 0.1) is 5.41 Å². The van der Waals surface area contributed by atoms with E-state index in [0.29, 0.717) is 0 Å². The minimum atomic E-state index is -0.434. The fourth-order valence-corrected chi connectivity index (χ4v) is 11.4. The maximum Gasteiger partial charge on any atom is 0.136 e. The highest BCUT2D eigenvalue weighted by Gasteiger charge is 2.46. The summed E-state index contributed by atoms with van der Waals surface area (Å²) in [7, 11) is 0. The van der Waals surface area contributed by atoms with E-state index in [1.54, 1.807) is 0 Å². The highest BCUT2D eigenvalue weighted by atomic mass is 16.3. The van der Waals surface area contributed by atoms with Crippen molar-refractivity contribution in [2.24, 2.45) is 0 Å². The molecule has 0 amide bonds. The van der Waals surface area contributed by atoms with Crippen molar-refractivity contribution in [2.75, 3.05) is 4.90 Å². The van der Waals surface area contributed by atoms with E-state index in [-0.39, 0.29) is 5.41 Å². The molecule has 0 unspecified atom stereocenters. The van der Waals surface area contributed by atoms with Gasteiger partial charge in [0.2, 0.25) is 0 Å². The molecule has 2 heteroatoms. The van der Waals surface area contributed by atoms with Gasteiger partial charge in [0.25, 0.3) is 0 Å². The molecule has 2 aliphatic carbocycles. The molecule has 10 aromatic carbocycles. The van der Waals surface area contributed by atoms with Crippen LogP contribution in [0.1, 0.15) is 47.2 Å². The Balaban J connectivity index is 0.942. The molecule has 0 fully saturated rings. The Morgan fingerprint density at radius 1 is 0.318 bits per heavy atom. The van der Waals surface area contributed by atoms with Crippen molar-refractivity contribution in [3.63, 3.8) is 0 Å². The lowest BCUT2D eigenvalue weighted by molar-refractivity contribution is 0.660. The molecule has 1 aromatic heterocycles. The largest absolute Gasteiger partial charge is 0.456 e. The normalized spacial score (nSPS) is 13.8. The number of anilines is 3. The van der Waals surface area contributed by atoms with E-state index in [1.165, 1.54) is 66.8 Å². The van der Waals surface area contributed by atoms with Crippen LogP contribution < -0.4 is 4.90 Å². The second kappa shape index (κ2) is 14.7. The Morgan fingerprint density at radius 2 is 0.864 bits per heavy atom. The van der Waals surface area contributed by atoms with Crippen LogP contribution in [0.5, 0.6) is 0 Å². The zero-order valence-corrected chi connectivity index (χ0v) is 36.9. The Morgan fingerprint density at radius 3 is 1.64 bits per heavy atom. The molecule has 0 bridgehead atoms. The number of fused-ring (bicyclic) bond motifs is 9. The summed E-state index contributed by atoms with van der Waals surface area (Å²) in [6, 6.07) is 87.0. The third kappa shape index (κ3) is 5.68. The van der Waals surface area contributed by atoms with E-state index in [4.69, 9.17) is 4.42 Å². The van der Waals surface area contributed by atoms with Crippen LogP contribution >= 0.6 is 0 Å². The number of hydrogen-bond acceptors (Lipinski definition) is 2. The molecule has 312 valence electrons. The maximum atomic E-state index is 6.30.